The molecule has 1 aromatic heterocycles. The van der Waals surface area contributed by atoms with E-state index in [0.717, 1.165) is 0 Å². The lowest BCUT2D eigenvalue weighted by atomic mass is 10.3. The van der Waals surface area contributed by atoms with Gasteiger partial charge < -0.3 is 10.5 Å². The molecule has 0 bridgehead atoms. The second kappa shape index (κ2) is 5.48. The molecule has 1 heterocycles. The molecule has 0 radical (unpaired) electrons. The molecule has 4 nitrogen and oxygen atoms in total. The molecule has 0 aliphatic heterocycles. The van der Waals surface area contributed by atoms with E-state index in [1.54, 1.807) is 24.3 Å². The van der Waals surface area contributed by atoms with Crippen molar-refractivity contribution in [2.24, 2.45) is 5.73 Å². The lowest BCUT2D eigenvalue weighted by Crippen LogP contribution is -2.12. The molecular formula is C11H7Cl2N3OS. The van der Waals surface area contributed by atoms with Crippen molar-refractivity contribution in [2.75, 3.05) is 0 Å². The van der Waals surface area contributed by atoms with Crippen LogP contribution in [0.15, 0.2) is 30.5 Å². The maximum absolute atomic E-state index is 5.87. The van der Waals surface area contributed by atoms with Crippen LogP contribution in [0, 0.1) is 0 Å². The van der Waals surface area contributed by atoms with E-state index in [2.05, 4.69) is 9.97 Å². The fraction of sp³-hybridized carbons (Fsp3) is 0. The Hall–Kier alpha value is -1.43. The van der Waals surface area contributed by atoms with Gasteiger partial charge in [-0.2, -0.15) is 4.98 Å². The summed E-state index contributed by atoms with van der Waals surface area (Å²) in [5, 5.41) is 0.835. The van der Waals surface area contributed by atoms with Crippen molar-refractivity contribution in [3.63, 3.8) is 0 Å². The van der Waals surface area contributed by atoms with Gasteiger partial charge in [0.1, 0.15) is 16.4 Å². The van der Waals surface area contributed by atoms with Gasteiger partial charge in [-0.15, -0.1) is 0 Å². The Bertz CT molecular complexity index is 607. The standard InChI is InChI=1S/C11H7Cl2N3OS/c12-7-2-1-6(5-8(7)13)17-11-15-4-3-9(16-11)10(14)18/h1-5H,(H2,14,18). The van der Waals surface area contributed by atoms with Crippen molar-refractivity contribution >= 4 is 40.4 Å². The molecular weight excluding hydrogens is 293 g/mol. The number of aromatic nitrogens is 2. The first-order chi connectivity index (χ1) is 8.56. The molecule has 0 amide bonds. The van der Waals surface area contributed by atoms with E-state index in [4.69, 9.17) is 45.9 Å². The highest BCUT2D eigenvalue weighted by atomic mass is 35.5. The molecule has 2 rings (SSSR count). The number of rotatable bonds is 3. The quantitative estimate of drug-likeness (QED) is 0.882. The SMILES string of the molecule is NC(=S)c1ccnc(Oc2ccc(Cl)c(Cl)c2)n1. The molecule has 92 valence electrons. The van der Waals surface area contributed by atoms with Crippen LogP contribution in [0.1, 0.15) is 5.69 Å². The Balaban J connectivity index is 2.25. The summed E-state index contributed by atoms with van der Waals surface area (Å²) in [4.78, 5) is 8.17. The van der Waals surface area contributed by atoms with E-state index in [9.17, 15) is 0 Å². The molecule has 0 fully saturated rings. The van der Waals surface area contributed by atoms with Crippen LogP contribution in [0.25, 0.3) is 0 Å². The number of ether oxygens (including phenoxy) is 1. The van der Waals surface area contributed by atoms with Crippen molar-refractivity contribution in [2.45, 2.75) is 0 Å². The number of benzene rings is 1. The third-order valence-corrected chi connectivity index (χ3v) is 2.93. The topological polar surface area (TPSA) is 61.0 Å². The highest BCUT2D eigenvalue weighted by molar-refractivity contribution is 7.80. The molecule has 0 aliphatic carbocycles. The van der Waals surface area contributed by atoms with Gasteiger partial charge in [0.2, 0.25) is 0 Å². The summed E-state index contributed by atoms with van der Waals surface area (Å²) in [5.74, 6) is 0.476. The third kappa shape index (κ3) is 3.07. The minimum atomic E-state index is 0.138. The van der Waals surface area contributed by atoms with Crippen LogP contribution in [0.4, 0.5) is 0 Å². The lowest BCUT2D eigenvalue weighted by molar-refractivity contribution is 0.441. The van der Waals surface area contributed by atoms with Gasteiger partial charge in [0, 0.05) is 12.3 Å². The van der Waals surface area contributed by atoms with Gasteiger partial charge in [0.25, 0.3) is 0 Å². The highest BCUT2D eigenvalue weighted by Crippen LogP contribution is 2.28. The fourth-order valence-corrected chi connectivity index (χ4v) is 1.57. The van der Waals surface area contributed by atoms with E-state index < -0.39 is 0 Å². The van der Waals surface area contributed by atoms with E-state index >= 15 is 0 Å². The number of halogens is 2. The van der Waals surface area contributed by atoms with Crippen molar-refractivity contribution in [1.29, 1.82) is 0 Å². The summed E-state index contributed by atoms with van der Waals surface area (Å²) in [6.45, 7) is 0. The Morgan fingerprint density at radius 1 is 1.22 bits per heavy atom. The predicted octanol–water partition coefficient (Wildman–Crippen LogP) is 3.21. The highest BCUT2D eigenvalue weighted by Gasteiger charge is 2.06. The Kier molecular flexibility index (Phi) is 3.96. The maximum Gasteiger partial charge on any atom is 0.322 e. The van der Waals surface area contributed by atoms with Gasteiger partial charge in [0.05, 0.1) is 10.0 Å². The molecule has 1 aromatic carbocycles. The zero-order valence-corrected chi connectivity index (χ0v) is 11.3. The van der Waals surface area contributed by atoms with Crippen LogP contribution in [0.3, 0.4) is 0 Å². The van der Waals surface area contributed by atoms with Gasteiger partial charge in [-0.25, -0.2) is 4.98 Å². The van der Waals surface area contributed by atoms with Crippen LogP contribution in [0.2, 0.25) is 10.0 Å². The largest absolute Gasteiger partial charge is 0.424 e. The zero-order valence-electron chi connectivity index (χ0n) is 8.93. The first-order valence-electron chi connectivity index (χ1n) is 4.82. The number of thiocarbonyl (C=S) groups is 1. The molecule has 0 atom stereocenters. The Labute approximate surface area is 119 Å². The zero-order chi connectivity index (χ0) is 13.1. The average molecular weight is 300 g/mol. The number of nitrogens with zero attached hydrogens (tertiary/aromatic N) is 2. The molecule has 0 spiro atoms. The maximum atomic E-state index is 5.87. The van der Waals surface area contributed by atoms with Gasteiger partial charge in [-0.3, -0.25) is 0 Å². The van der Waals surface area contributed by atoms with Gasteiger partial charge in [-0.05, 0) is 18.2 Å². The van der Waals surface area contributed by atoms with Crippen molar-refractivity contribution in [3.05, 3.63) is 46.2 Å². The smallest absolute Gasteiger partial charge is 0.322 e. The molecule has 2 N–H and O–H groups in total. The molecule has 0 saturated carbocycles. The van der Waals surface area contributed by atoms with Crippen LogP contribution >= 0.6 is 35.4 Å². The van der Waals surface area contributed by atoms with Crippen LogP contribution < -0.4 is 10.5 Å². The van der Waals surface area contributed by atoms with Crippen molar-refractivity contribution in [3.8, 4) is 11.8 Å². The molecule has 2 aromatic rings. The summed E-state index contributed by atoms with van der Waals surface area (Å²) < 4.78 is 5.42. The lowest BCUT2D eigenvalue weighted by Gasteiger charge is -2.05. The second-order valence-electron chi connectivity index (χ2n) is 3.27. The summed E-state index contributed by atoms with van der Waals surface area (Å²) >= 11 is 16.5. The average Bonchev–Trinajstić information content (AvgIpc) is 2.34. The number of hydrogen-bond donors (Lipinski definition) is 1. The third-order valence-electron chi connectivity index (χ3n) is 1.99. The summed E-state index contributed by atoms with van der Waals surface area (Å²) in [5.41, 5.74) is 5.91. The Morgan fingerprint density at radius 2 is 2.00 bits per heavy atom. The molecule has 18 heavy (non-hydrogen) atoms. The predicted molar refractivity (Wildman–Crippen MR) is 74.5 cm³/mol. The van der Waals surface area contributed by atoms with Gasteiger partial charge >= 0.3 is 6.01 Å². The second-order valence-corrected chi connectivity index (χ2v) is 4.52. The monoisotopic (exact) mass is 299 g/mol. The normalized spacial score (nSPS) is 10.1. The molecule has 0 unspecified atom stereocenters. The summed E-state index contributed by atoms with van der Waals surface area (Å²) in [7, 11) is 0. The summed E-state index contributed by atoms with van der Waals surface area (Å²) in [6, 6.07) is 6.59. The molecule has 0 saturated heterocycles. The molecule has 0 aliphatic rings. The van der Waals surface area contributed by atoms with Gasteiger partial charge in [0.15, 0.2) is 0 Å². The first-order valence-corrected chi connectivity index (χ1v) is 5.98. The minimum Gasteiger partial charge on any atom is -0.424 e. The van der Waals surface area contributed by atoms with Crippen molar-refractivity contribution in [1.82, 2.24) is 9.97 Å². The number of nitrogens with two attached hydrogens (primary N) is 1. The van der Waals surface area contributed by atoms with E-state index in [1.807, 2.05) is 0 Å². The Morgan fingerprint density at radius 3 is 2.67 bits per heavy atom. The van der Waals surface area contributed by atoms with Crippen LogP contribution in [-0.2, 0) is 0 Å². The van der Waals surface area contributed by atoms with Crippen LogP contribution in [0.5, 0.6) is 11.8 Å². The number of hydrogen-bond acceptors (Lipinski definition) is 4. The van der Waals surface area contributed by atoms with E-state index in [1.165, 1.54) is 6.20 Å². The first kappa shape index (κ1) is 13.0. The minimum absolute atomic E-state index is 0.138. The van der Waals surface area contributed by atoms with E-state index in [0.29, 0.717) is 21.5 Å². The van der Waals surface area contributed by atoms with Gasteiger partial charge in [-0.1, -0.05) is 35.4 Å². The van der Waals surface area contributed by atoms with E-state index in [-0.39, 0.29) is 11.0 Å². The molecule has 7 heteroatoms. The summed E-state index contributed by atoms with van der Waals surface area (Å²) in [6.07, 6.45) is 1.51. The van der Waals surface area contributed by atoms with Crippen molar-refractivity contribution < 1.29 is 4.74 Å². The van der Waals surface area contributed by atoms with Crippen LogP contribution in [-0.4, -0.2) is 15.0 Å². The fourth-order valence-electron chi connectivity index (χ4n) is 1.17.